The summed E-state index contributed by atoms with van der Waals surface area (Å²) < 4.78 is 0. The van der Waals surface area contributed by atoms with Crippen LogP contribution in [-0.4, -0.2) is 24.9 Å². The highest BCUT2D eigenvalue weighted by Gasteiger charge is 2.16. The largest absolute Gasteiger partial charge is 0.228 e. The second-order valence-corrected chi connectivity index (χ2v) is 12.9. The smallest absolute Gasteiger partial charge is 0.164 e. The molecule has 5 heteroatoms. The molecule has 0 aliphatic carbocycles. The van der Waals surface area contributed by atoms with Crippen molar-refractivity contribution in [3.8, 4) is 90.3 Å². The second-order valence-electron chi connectivity index (χ2n) is 12.9. The van der Waals surface area contributed by atoms with E-state index in [0.29, 0.717) is 23.3 Å². The maximum atomic E-state index is 5.22. The first-order valence-corrected chi connectivity index (χ1v) is 17.9. The molecule has 9 aromatic rings. The third-order valence-electron chi connectivity index (χ3n) is 9.36. The zero-order valence-corrected chi connectivity index (χ0v) is 29.3. The topological polar surface area (TPSA) is 64.5 Å². The summed E-state index contributed by atoms with van der Waals surface area (Å²) in [5.74, 6) is 2.56. The summed E-state index contributed by atoms with van der Waals surface area (Å²) in [7, 11) is 0. The lowest BCUT2D eigenvalue weighted by Gasteiger charge is -2.13. The Hall–Kier alpha value is -7.37. The van der Waals surface area contributed by atoms with Crippen LogP contribution in [0.15, 0.2) is 200 Å². The molecule has 0 atom stereocenters. The van der Waals surface area contributed by atoms with Crippen molar-refractivity contribution in [3.63, 3.8) is 0 Å². The summed E-state index contributed by atoms with van der Waals surface area (Å²) in [4.78, 5) is 25.2. The first kappa shape index (κ1) is 32.5. The highest BCUT2D eigenvalue weighted by molar-refractivity contribution is 5.83. The van der Waals surface area contributed by atoms with Gasteiger partial charge >= 0.3 is 0 Å². The van der Waals surface area contributed by atoms with Crippen LogP contribution in [0, 0.1) is 0 Å². The molecule has 0 bridgehead atoms. The molecule has 0 fully saturated rings. The fraction of sp³-hybridized carbons (Fsp3) is 0. The van der Waals surface area contributed by atoms with Crippen LogP contribution in [0.2, 0.25) is 0 Å². The van der Waals surface area contributed by atoms with Crippen LogP contribution in [0.5, 0.6) is 0 Å². The monoisotopic (exact) mass is 691 g/mol. The highest BCUT2D eigenvalue weighted by Crippen LogP contribution is 2.35. The molecule has 0 radical (unpaired) electrons. The number of benzene rings is 7. The number of hydrogen-bond acceptors (Lipinski definition) is 5. The molecule has 0 unspecified atom stereocenters. The van der Waals surface area contributed by atoms with Gasteiger partial charge in [-0.2, -0.15) is 0 Å². The van der Waals surface area contributed by atoms with Crippen LogP contribution < -0.4 is 0 Å². The molecule has 0 N–H and O–H groups in total. The van der Waals surface area contributed by atoms with Gasteiger partial charge in [-0.3, -0.25) is 0 Å². The van der Waals surface area contributed by atoms with Gasteiger partial charge in [0.1, 0.15) is 0 Å². The van der Waals surface area contributed by atoms with Gasteiger partial charge in [0.05, 0.1) is 11.4 Å². The van der Waals surface area contributed by atoms with Crippen LogP contribution in [0.4, 0.5) is 0 Å². The van der Waals surface area contributed by atoms with E-state index >= 15 is 0 Å². The summed E-state index contributed by atoms with van der Waals surface area (Å²) in [6.45, 7) is 0. The second kappa shape index (κ2) is 14.7. The Morgan fingerprint density at radius 2 is 0.574 bits per heavy atom. The Bertz CT molecular complexity index is 2640. The molecule has 7 aromatic carbocycles. The normalized spacial score (nSPS) is 11.0. The molecule has 2 aromatic heterocycles. The zero-order chi connectivity index (χ0) is 36.1. The first-order chi connectivity index (χ1) is 26.7. The number of hydrogen-bond donors (Lipinski definition) is 0. The van der Waals surface area contributed by atoms with Gasteiger partial charge in [0.25, 0.3) is 0 Å². The highest BCUT2D eigenvalue weighted by atomic mass is 15.0. The Morgan fingerprint density at radius 1 is 0.204 bits per heavy atom. The van der Waals surface area contributed by atoms with Crippen molar-refractivity contribution < 1.29 is 0 Å². The van der Waals surface area contributed by atoms with Gasteiger partial charge in [0, 0.05) is 33.4 Å². The summed E-state index contributed by atoms with van der Waals surface area (Å²) in [6.07, 6.45) is 0. The van der Waals surface area contributed by atoms with Gasteiger partial charge in [-0.25, -0.2) is 24.9 Å². The Morgan fingerprint density at radius 3 is 1.13 bits per heavy atom. The van der Waals surface area contributed by atoms with Crippen molar-refractivity contribution in [3.05, 3.63) is 200 Å². The first-order valence-electron chi connectivity index (χ1n) is 17.9. The quantitative estimate of drug-likeness (QED) is 0.159. The molecule has 0 aliphatic rings. The van der Waals surface area contributed by atoms with Gasteiger partial charge in [-0.15, -0.1) is 0 Å². The van der Waals surface area contributed by atoms with E-state index in [4.69, 9.17) is 24.9 Å². The summed E-state index contributed by atoms with van der Waals surface area (Å²) >= 11 is 0. The molecule has 254 valence electrons. The average Bonchev–Trinajstić information content (AvgIpc) is 3.27. The maximum Gasteiger partial charge on any atom is 0.164 e. The molecular formula is C49H33N5. The molecule has 2 heterocycles. The molecule has 5 nitrogen and oxygen atoms in total. The average molecular weight is 692 g/mol. The minimum absolute atomic E-state index is 0.616. The minimum atomic E-state index is 0.616. The third kappa shape index (κ3) is 6.82. The maximum absolute atomic E-state index is 5.22. The van der Waals surface area contributed by atoms with E-state index in [1.165, 1.54) is 0 Å². The van der Waals surface area contributed by atoms with Crippen LogP contribution in [0.25, 0.3) is 90.3 Å². The molecule has 0 amide bonds. The lowest BCUT2D eigenvalue weighted by Crippen LogP contribution is -2.00. The van der Waals surface area contributed by atoms with E-state index in [2.05, 4.69) is 109 Å². The van der Waals surface area contributed by atoms with Gasteiger partial charge in [0.15, 0.2) is 23.3 Å². The van der Waals surface area contributed by atoms with Crippen molar-refractivity contribution in [1.82, 2.24) is 24.9 Å². The van der Waals surface area contributed by atoms with E-state index in [0.717, 1.165) is 67.0 Å². The fourth-order valence-electron chi connectivity index (χ4n) is 6.65. The summed E-state index contributed by atoms with van der Waals surface area (Å²) in [6, 6.07) is 68.1. The van der Waals surface area contributed by atoms with Gasteiger partial charge in [-0.05, 0) is 40.5 Å². The predicted octanol–water partition coefficient (Wildman–Crippen LogP) is 12.0. The molecule has 0 spiro atoms. The number of nitrogens with zero attached hydrogens (tertiary/aromatic N) is 5. The van der Waals surface area contributed by atoms with Crippen LogP contribution in [0.1, 0.15) is 0 Å². The number of rotatable bonds is 8. The fourth-order valence-corrected chi connectivity index (χ4v) is 6.65. The molecule has 0 saturated heterocycles. The van der Waals surface area contributed by atoms with Gasteiger partial charge in [0.2, 0.25) is 0 Å². The molecule has 9 rings (SSSR count). The Balaban J connectivity index is 1.14. The van der Waals surface area contributed by atoms with Crippen molar-refractivity contribution in [2.24, 2.45) is 0 Å². The van der Waals surface area contributed by atoms with E-state index in [-0.39, 0.29) is 0 Å². The minimum Gasteiger partial charge on any atom is -0.228 e. The lowest BCUT2D eigenvalue weighted by molar-refractivity contribution is 1.07. The van der Waals surface area contributed by atoms with E-state index in [1.54, 1.807) is 0 Å². The standard InChI is InChI=1S/C49H33N5/c1-5-17-34(18-6-1)42-29-13-14-30-43(42)49-50-44(35-19-7-2-8-20-35)33-45(51-49)40-27-15-25-38(31-40)39-26-16-28-41(32-39)48-53-46(36-21-9-3-10-22-36)52-47(54-48)37-23-11-4-12-24-37/h1-33H. The van der Waals surface area contributed by atoms with E-state index in [1.807, 2.05) is 91.0 Å². The Labute approximate surface area is 314 Å². The van der Waals surface area contributed by atoms with Crippen LogP contribution in [0.3, 0.4) is 0 Å². The summed E-state index contributed by atoms with van der Waals surface area (Å²) in [5, 5.41) is 0. The van der Waals surface area contributed by atoms with Gasteiger partial charge in [-0.1, -0.05) is 182 Å². The third-order valence-corrected chi connectivity index (χ3v) is 9.36. The number of aromatic nitrogens is 5. The van der Waals surface area contributed by atoms with Gasteiger partial charge < -0.3 is 0 Å². The van der Waals surface area contributed by atoms with E-state index in [9.17, 15) is 0 Å². The molecule has 0 saturated carbocycles. The SMILES string of the molecule is c1ccc(-c2cc(-c3cccc(-c4cccc(-c5nc(-c6ccccc6)nc(-c6ccccc6)n5)c4)c3)nc(-c3ccccc3-c3ccccc3)n2)cc1. The van der Waals surface area contributed by atoms with Crippen molar-refractivity contribution >= 4 is 0 Å². The van der Waals surface area contributed by atoms with Crippen molar-refractivity contribution in [1.29, 1.82) is 0 Å². The molecular weight excluding hydrogens is 659 g/mol. The molecule has 54 heavy (non-hydrogen) atoms. The Kier molecular flexibility index (Phi) is 8.86. The van der Waals surface area contributed by atoms with Crippen LogP contribution in [-0.2, 0) is 0 Å². The van der Waals surface area contributed by atoms with Crippen molar-refractivity contribution in [2.75, 3.05) is 0 Å². The lowest BCUT2D eigenvalue weighted by atomic mass is 9.97. The predicted molar refractivity (Wildman–Crippen MR) is 219 cm³/mol. The zero-order valence-electron chi connectivity index (χ0n) is 29.3. The van der Waals surface area contributed by atoms with E-state index < -0.39 is 0 Å². The van der Waals surface area contributed by atoms with Crippen molar-refractivity contribution in [2.45, 2.75) is 0 Å². The summed E-state index contributed by atoms with van der Waals surface area (Å²) in [5.41, 5.74) is 11.8. The van der Waals surface area contributed by atoms with Crippen LogP contribution >= 0.6 is 0 Å². The molecule has 0 aliphatic heterocycles.